The maximum Gasteiger partial charge on any atom is 0.330 e. The summed E-state index contributed by atoms with van der Waals surface area (Å²) >= 11 is 1.87. The topological polar surface area (TPSA) is 82.5 Å². The van der Waals surface area contributed by atoms with Gasteiger partial charge in [0.2, 0.25) is 0 Å². The highest BCUT2D eigenvalue weighted by atomic mass is 127. The number of nitrogens with one attached hydrogen (secondary N) is 1. The van der Waals surface area contributed by atoms with Crippen LogP contribution in [0.4, 0.5) is 0 Å². The second-order valence-electron chi connectivity index (χ2n) is 4.24. The van der Waals surface area contributed by atoms with Crippen LogP contribution in [0.15, 0.2) is 15.8 Å². The second-order valence-corrected chi connectivity index (χ2v) is 5.40. The largest absolute Gasteiger partial charge is 0.382 e. The number of rotatable bonds is 4. The zero-order chi connectivity index (χ0) is 14.0. The van der Waals surface area contributed by atoms with Crippen molar-refractivity contribution in [3.63, 3.8) is 0 Å². The van der Waals surface area contributed by atoms with Gasteiger partial charge in [-0.15, -0.1) is 0 Å². The molecule has 0 bridgehead atoms. The molecule has 3 atom stereocenters. The molecular formula is C11H15IN2O5. The molecule has 1 aromatic rings. The minimum Gasteiger partial charge on any atom is -0.382 e. The summed E-state index contributed by atoms with van der Waals surface area (Å²) in [7, 11) is 3.18. The van der Waals surface area contributed by atoms with Gasteiger partial charge in [0.05, 0.1) is 16.3 Å². The highest BCUT2D eigenvalue weighted by Crippen LogP contribution is 2.29. The summed E-state index contributed by atoms with van der Waals surface area (Å²) in [5.74, 6) is 0. The third-order valence-electron chi connectivity index (χ3n) is 3.05. The maximum absolute atomic E-state index is 11.8. The molecule has 0 radical (unpaired) electrons. The van der Waals surface area contributed by atoms with Gasteiger partial charge in [-0.3, -0.25) is 14.3 Å². The molecule has 0 spiro atoms. The minimum absolute atomic E-state index is 0.138. The van der Waals surface area contributed by atoms with Gasteiger partial charge >= 0.3 is 5.69 Å². The number of hydrogen-bond donors (Lipinski definition) is 1. The first kappa shape index (κ1) is 14.7. The SMILES string of the molecule is COC[C@H]1O[C@@H](n2cc(I)c(=O)[nH]c2=O)C[C@@H]1OC. The molecule has 2 heterocycles. The van der Waals surface area contributed by atoms with Crippen LogP contribution >= 0.6 is 22.6 Å². The molecule has 1 aliphatic rings. The highest BCUT2D eigenvalue weighted by molar-refractivity contribution is 14.1. The Morgan fingerprint density at radius 2 is 2.26 bits per heavy atom. The Morgan fingerprint density at radius 1 is 1.53 bits per heavy atom. The van der Waals surface area contributed by atoms with E-state index >= 15 is 0 Å². The molecule has 0 amide bonds. The number of ether oxygens (including phenoxy) is 3. The molecule has 0 aliphatic carbocycles. The second kappa shape index (κ2) is 6.16. The van der Waals surface area contributed by atoms with E-state index in [1.807, 2.05) is 22.6 Å². The first-order valence-corrected chi connectivity index (χ1v) is 6.83. The first-order chi connectivity index (χ1) is 9.06. The average Bonchev–Trinajstić information content (AvgIpc) is 2.77. The van der Waals surface area contributed by atoms with Crippen LogP contribution in [0.25, 0.3) is 0 Å². The van der Waals surface area contributed by atoms with Gasteiger partial charge in [-0.25, -0.2) is 4.79 Å². The van der Waals surface area contributed by atoms with E-state index in [4.69, 9.17) is 14.2 Å². The van der Waals surface area contributed by atoms with Gasteiger partial charge in [0.15, 0.2) is 0 Å². The van der Waals surface area contributed by atoms with Gasteiger partial charge in [-0.05, 0) is 22.6 Å². The van der Waals surface area contributed by atoms with Crippen LogP contribution in [-0.4, -0.2) is 42.6 Å². The molecule has 1 aromatic heterocycles. The van der Waals surface area contributed by atoms with Crippen LogP contribution in [-0.2, 0) is 14.2 Å². The molecule has 19 heavy (non-hydrogen) atoms. The smallest absolute Gasteiger partial charge is 0.330 e. The van der Waals surface area contributed by atoms with Crippen LogP contribution in [0.1, 0.15) is 12.6 Å². The highest BCUT2D eigenvalue weighted by Gasteiger charge is 2.36. The lowest BCUT2D eigenvalue weighted by Crippen LogP contribution is -2.33. The van der Waals surface area contributed by atoms with E-state index in [1.54, 1.807) is 14.2 Å². The summed E-state index contributed by atoms with van der Waals surface area (Å²) < 4.78 is 18.0. The third-order valence-corrected chi connectivity index (χ3v) is 3.82. The molecular weight excluding hydrogens is 367 g/mol. The number of nitrogens with zero attached hydrogens (tertiary/aromatic N) is 1. The summed E-state index contributed by atoms with van der Waals surface area (Å²) in [6.45, 7) is 0.393. The Morgan fingerprint density at radius 3 is 2.89 bits per heavy atom. The Balaban J connectivity index is 2.27. The molecule has 1 aliphatic heterocycles. The molecule has 0 saturated carbocycles. The summed E-state index contributed by atoms with van der Waals surface area (Å²) in [6, 6.07) is 0. The fourth-order valence-electron chi connectivity index (χ4n) is 2.11. The number of halogens is 1. The number of aromatic nitrogens is 2. The molecule has 1 N–H and O–H groups in total. The predicted octanol–water partition coefficient (Wildman–Crippen LogP) is 0.0901. The van der Waals surface area contributed by atoms with Crippen molar-refractivity contribution >= 4 is 22.6 Å². The van der Waals surface area contributed by atoms with E-state index in [2.05, 4.69) is 4.98 Å². The van der Waals surface area contributed by atoms with Crippen molar-refractivity contribution < 1.29 is 14.2 Å². The van der Waals surface area contributed by atoms with E-state index in [-0.39, 0.29) is 12.2 Å². The van der Waals surface area contributed by atoms with Crippen molar-refractivity contribution in [3.8, 4) is 0 Å². The van der Waals surface area contributed by atoms with Crippen LogP contribution in [0, 0.1) is 3.57 Å². The third kappa shape index (κ3) is 3.07. The monoisotopic (exact) mass is 382 g/mol. The van der Waals surface area contributed by atoms with Gasteiger partial charge in [0.25, 0.3) is 5.56 Å². The maximum atomic E-state index is 11.8. The van der Waals surface area contributed by atoms with Crippen molar-refractivity contribution in [1.82, 2.24) is 9.55 Å². The number of hydrogen-bond acceptors (Lipinski definition) is 5. The summed E-state index contributed by atoms with van der Waals surface area (Å²) in [5, 5.41) is 0. The fraction of sp³-hybridized carbons (Fsp3) is 0.636. The zero-order valence-electron chi connectivity index (χ0n) is 10.6. The Bertz CT molecular complexity index is 555. The summed E-state index contributed by atoms with van der Waals surface area (Å²) in [5.41, 5.74) is -0.875. The van der Waals surface area contributed by atoms with Crippen molar-refractivity contribution in [2.45, 2.75) is 24.9 Å². The molecule has 0 unspecified atom stereocenters. The minimum atomic E-state index is -0.483. The molecule has 0 aromatic carbocycles. The quantitative estimate of drug-likeness (QED) is 0.747. The van der Waals surface area contributed by atoms with Gasteiger partial charge in [-0.1, -0.05) is 0 Å². The van der Waals surface area contributed by atoms with Gasteiger partial charge < -0.3 is 14.2 Å². The molecule has 106 valence electrons. The van der Waals surface area contributed by atoms with E-state index in [1.165, 1.54) is 10.8 Å². The lowest BCUT2D eigenvalue weighted by Gasteiger charge is -2.16. The van der Waals surface area contributed by atoms with Crippen LogP contribution in [0.3, 0.4) is 0 Å². The van der Waals surface area contributed by atoms with Gasteiger partial charge in [0.1, 0.15) is 12.3 Å². The molecule has 1 fully saturated rings. The van der Waals surface area contributed by atoms with E-state index < -0.39 is 17.5 Å². The molecule has 2 rings (SSSR count). The standard InChI is InChI=1S/C11H15IN2O5/c1-17-5-8-7(18-2)3-9(19-8)14-4-6(12)10(15)13-11(14)16/h4,7-9H,3,5H2,1-2H3,(H,13,15,16)/t7-,8+,9+/m0/s1. The van der Waals surface area contributed by atoms with Crippen molar-refractivity contribution in [2.75, 3.05) is 20.8 Å². The van der Waals surface area contributed by atoms with Crippen LogP contribution < -0.4 is 11.2 Å². The Hall–Kier alpha value is -0.710. The van der Waals surface area contributed by atoms with E-state index in [0.717, 1.165) is 0 Å². The lowest BCUT2D eigenvalue weighted by molar-refractivity contribution is -0.0618. The Labute approximate surface area is 123 Å². The van der Waals surface area contributed by atoms with Crippen molar-refractivity contribution in [1.29, 1.82) is 0 Å². The van der Waals surface area contributed by atoms with E-state index in [9.17, 15) is 9.59 Å². The summed E-state index contributed by atoms with van der Waals surface area (Å²) in [6.07, 6.45) is 1.21. The number of aromatic amines is 1. The Kier molecular flexibility index (Phi) is 4.76. The van der Waals surface area contributed by atoms with E-state index in [0.29, 0.717) is 16.6 Å². The average molecular weight is 382 g/mol. The number of methoxy groups -OCH3 is 2. The summed E-state index contributed by atoms with van der Waals surface area (Å²) in [4.78, 5) is 25.4. The molecule has 1 saturated heterocycles. The zero-order valence-corrected chi connectivity index (χ0v) is 12.7. The van der Waals surface area contributed by atoms with Crippen molar-refractivity contribution in [3.05, 3.63) is 30.6 Å². The van der Waals surface area contributed by atoms with Gasteiger partial charge in [-0.2, -0.15) is 0 Å². The van der Waals surface area contributed by atoms with Crippen LogP contribution in [0.2, 0.25) is 0 Å². The fourth-order valence-corrected chi connectivity index (χ4v) is 2.54. The molecule has 7 nitrogen and oxygen atoms in total. The lowest BCUT2D eigenvalue weighted by atomic mass is 10.2. The van der Waals surface area contributed by atoms with Gasteiger partial charge in [0, 0.05) is 26.8 Å². The van der Waals surface area contributed by atoms with Crippen LogP contribution in [0.5, 0.6) is 0 Å². The predicted molar refractivity (Wildman–Crippen MR) is 75.2 cm³/mol. The normalized spacial score (nSPS) is 26.8. The first-order valence-electron chi connectivity index (χ1n) is 5.75. The van der Waals surface area contributed by atoms with Crippen molar-refractivity contribution in [2.24, 2.45) is 0 Å². The molecule has 8 heteroatoms. The number of H-pyrrole nitrogens is 1.